The lowest BCUT2D eigenvalue weighted by molar-refractivity contribution is 0.154. The topological polar surface area (TPSA) is 37.4 Å². The van der Waals surface area contributed by atoms with Crippen LogP contribution in [-0.2, 0) is 11.3 Å². The monoisotopic (exact) mass is 265 g/mol. The van der Waals surface area contributed by atoms with Crippen LogP contribution in [0.5, 0.6) is 0 Å². The second kappa shape index (κ2) is 9.75. The van der Waals surface area contributed by atoms with Gasteiger partial charge in [0, 0.05) is 38.1 Å². The Morgan fingerprint density at radius 2 is 2.16 bits per heavy atom. The molecule has 0 spiro atoms. The first-order chi connectivity index (χ1) is 9.31. The minimum Gasteiger partial charge on any atom is -0.380 e. The van der Waals surface area contributed by atoms with Crippen LogP contribution < -0.4 is 10.2 Å². The van der Waals surface area contributed by atoms with Crippen LogP contribution >= 0.6 is 0 Å². The fraction of sp³-hybridized carbons (Fsp3) is 0.667. The lowest BCUT2D eigenvalue weighted by Gasteiger charge is -2.23. The van der Waals surface area contributed by atoms with Crippen LogP contribution in [-0.4, -0.2) is 37.8 Å². The second-order valence-electron chi connectivity index (χ2n) is 4.46. The van der Waals surface area contributed by atoms with E-state index >= 15 is 0 Å². The van der Waals surface area contributed by atoms with E-state index in [9.17, 15) is 0 Å². The summed E-state index contributed by atoms with van der Waals surface area (Å²) in [6.45, 7) is 11.7. The summed E-state index contributed by atoms with van der Waals surface area (Å²) in [5.41, 5.74) is 2.33. The molecule has 1 heterocycles. The van der Waals surface area contributed by atoms with Gasteiger partial charge in [0.1, 0.15) is 0 Å². The molecule has 0 aliphatic carbocycles. The molecule has 0 bridgehead atoms. The van der Waals surface area contributed by atoms with E-state index in [0.717, 1.165) is 51.5 Å². The largest absolute Gasteiger partial charge is 0.380 e. The van der Waals surface area contributed by atoms with E-state index in [0.29, 0.717) is 0 Å². The smallest absolute Gasteiger partial charge is 0.0641 e. The molecule has 0 aliphatic rings. The number of rotatable bonds is 10. The molecule has 0 saturated heterocycles. The summed E-state index contributed by atoms with van der Waals surface area (Å²) in [6.07, 6.45) is 3.04. The summed E-state index contributed by atoms with van der Waals surface area (Å²) in [7, 11) is 0. The van der Waals surface area contributed by atoms with Crippen LogP contribution in [0.15, 0.2) is 18.3 Å². The van der Waals surface area contributed by atoms with Gasteiger partial charge in [-0.1, -0.05) is 6.92 Å². The molecule has 0 atom stereocenters. The van der Waals surface area contributed by atoms with Gasteiger partial charge in [0.05, 0.1) is 12.3 Å². The van der Waals surface area contributed by atoms with Crippen LogP contribution in [0, 0.1) is 0 Å². The zero-order valence-electron chi connectivity index (χ0n) is 12.5. The van der Waals surface area contributed by atoms with Crippen LogP contribution in [0.2, 0.25) is 0 Å². The molecule has 0 saturated carbocycles. The summed E-state index contributed by atoms with van der Waals surface area (Å²) in [5.74, 6) is 0. The Hall–Kier alpha value is -1.13. The van der Waals surface area contributed by atoms with Crippen molar-refractivity contribution in [2.24, 2.45) is 0 Å². The Kier molecular flexibility index (Phi) is 8.18. The fourth-order valence-electron chi connectivity index (χ4n) is 1.94. The van der Waals surface area contributed by atoms with E-state index < -0.39 is 0 Å². The first-order valence-corrected chi connectivity index (χ1v) is 7.30. The highest BCUT2D eigenvalue weighted by molar-refractivity contribution is 5.46. The predicted octanol–water partition coefficient (Wildman–Crippen LogP) is 2.44. The number of likely N-dealkylation sites (N-methyl/N-ethyl adjacent to an activating group) is 1. The number of pyridine rings is 1. The molecule has 0 aliphatic heterocycles. The molecule has 19 heavy (non-hydrogen) atoms. The molecular formula is C15H27N3O. The number of anilines is 1. The molecule has 1 rings (SSSR count). The third-order valence-corrected chi connectivity index (χ3v) is 2.99. The van der Waals surface area contributed by atoms with Gasteiger partial charge in [0.25, 0.3) is 0 Å². The number of aromatic nitrogens is 1. The van der Waals surface area contributed by atoms with Gasteiger partial charge in [-0.2, -0.15) is 0 Å². The van der Waals surface area contributed by atoms with Crippen molar-refractivity contribution in [1.82, 2.24) is 10.3 Å². The number of nitrogens with zero attached hydrogens (tertiary/aromatic N) is 2. The molecule has 0 amide bonds. The molecule has 1 N–H and O–H groups in total. The van der Waals surface area contributed by atoms with Gasteiger partial charge >= 0.3 is 0 Å². The van der Waals surface area contributed by atoms with Gasteiger partial charge in [-0.3, -0.25) is 4.98 Å². The Balaban J connectivity index is 2.56. The van der Waals surface area contributed by atoms with Crippen LogP contribution in [0.1, 0.15) is 32.9 Å². The average molecular weight is 265 g/mol. The van der Waals surface area contributed by atoms with Crippen molar-refractivity contribution < 1.29 is 4.74 Å². The number of ether oxygens (including phenoxy) is 1. The van der Waals surface area contributed by atoms with E-state index in [-0.39, 0.29) is 0 Å². The summed E-state index contributed by atoms with van der Waals surface area (Å²) in [6, 6.07) is 4.23. The van der Waals surface area contributed by atoms with Crippen molar-refractivity contribution in [3.63, 3.8) is 0 Å². The van der Waals surface area contributed by atoms with E-state index in [4.69, 9.17) is 4.74 Å². The maximum atomic E-state index is 5.43. The highest BCUT2D eigenvalue weighted by Gasteiger charge is 2.05. The fourth-order valence-corrected chi connectivity index (χ4v) is 1.94. The van der Waals surface area contributed by atoms with Gasteiger partial charge in [0.2, 0.25) is 0 Å². The number of nitrogens with one attached hydrogen (secondary N) is 1. The van der Waals surface area contributed by atoms with Gasteiger partial charge < -0.3 is 15.0 Å². The summed E-state index contributed by atoms with van der Waals surface area (Å²) in [4.78, 5) is 6.72. The Morgan fingerprint density at radius 3 is 2.84 bits per heavy atom. The third kappa shape index (κ3) is 6.03. The Morgan fingerprint density at radius 1 is 1.32 bits per heavy atom. The molecular weight excluding hydrogens is 238 g/mol. The quantitative estimate of drug-likeness (QED) is 0.659. The van der Waals surface area contributed by atoms with Crippen molar-refractivity contribution in [3.05, 3.63) is 24.0 Å². The summed E-state index contributed by atoms with van der Waals surface area (Å²) < 4.78 is 5.43. The second-order valence-corrected chi connectivity index (χ2v) is 4.46. The average Bonchev–Trinajstić information content (AvgIpc) is 2.44. The first-order valence-electron chi connectivity index (χ1n) is 7.30. The van der Waals surface area contributed by atoms with E-state index in [1.54, 1.807) is 0 Å². The van der Waals surface area contributed by atoms with Gasteiger partial charge in [-0.05, 0) is 38.9 Å². The summed E-state index contributed by atoms with van der Waals surface area (Å²) >= 11 is 0. The molecule has 0 aromatic carbocycles. The van der Waals surface area contributed by atoms with Crippen molar-refractivity contribution in [2.75, 3.05) is 37.7 Å². The van der Waals surface area contributed by atoms with Crippen LogP contribution in [0.3, 0.4) is 0 Å². The van der Waals surface area contributed by atoms with Crippen molar-refractivity contribution in [2.45, 2.75) is 33.7 Å². The molecule has 108 valence electrons. The predicted molar refractivity (Wildman–Crippen MR) is 80.6 cm³/mol. The molecule has 0 fully saturated rings. The Labute approximate surface area is 117 Å². The van der Waals surface area contributed by atoms with Crippen molar-refractivity contribution in [1.29, 1.82) is 0 Å². The minimum atomic E-state index is 0.774. The minimum absolute atomic E-state index is 0.774. The summed E-state index contributed by atoms with van der Waals surface area (Å²) in [5, 5.41) is 3.38. The Bertz CT molecular complexity index is 344. The van der Waals surface area contributed by atoms with Crippen molar-refractivity contribution >= 4 is 5.69 Å². The molecule has 4 nitrogen and oxygen atoms in total. The number of hydrogen-bond donors (Lipinski definition) is 1. The first kappa shape index (κ1) is 15.9. The van der Waals surface area contributed by atoms with Crippen molar-refractivity contribution in [3.8, 4) is 0 Å². The number of hydrogen-bond acceptors (Lipinski definition) is 4. The van der Waals surface area contributed by atoms with Crippen LogP contribution in [0.25, 0.3) is 0 Å². The third-order valence-electron chi connectivity index (χ3n) is 2.99. The maximum Gasteiger partial charge on any atom is 0.0641 e. The highest BCUT2D eigenvalue weighted by Crippen LogP contribution is 2.14. The van der Waals surface area contributed by atoms with E-state index in [2.05, 4.69) is 41.2 Å². The SMILES string of the molecule is CCCNCc1cc(N(CC)CCOCC)ccn1. The van der Waals surface area contributed by atoms with E-state index in [1.165, 1.54) is 5.69 Å². The molecule has 0 unspecified atom stereocenters. The lowest BCUT2D eigenvalue weighted by Crippen LogP contribution is -2.27. The van der Waals surface area contributed by atoms with Gasteiger partial charge in [0.15, 0.2) is 0 Å². The highest BCUT2D eigenvalue weighted by atomic mass is 16.5. The normalized spacial score (nSPS) is 10.7. The molecule has 1 aromatic rings. The van der Waals surface area contributed by atoms with Gasteiger partial charge in [-0.15, -0.1) is 0 Å². The van der Waals surface area contributed by atoms with E-state index in [1.807, 2.05) is 13.1 Å². The standard InChI is InChI=1S/C15H27N3O/c1-4-8-16-13-14-12-15(7-9-17-14)18(5-2)10-11-19-6-3/h7,9,12,16H,4-6,8,10-11,13H2,1-3H3. The lowest BCUT2D eigenvalue weighted by atomic mass is 10.2. The molecule has 4 heteroatoms. The zero-order chi connectivity index (χ0) is 13.9. The van der Waals surface area contributed by atoms with Gasteiger partial charge in [-0.25, -0.2) is 0 Å². The van der Waals surface area contributed by atoms with Crippen LogP contribution in [0.4, 0.5) is 5.69 Å². The maximum absolute atomic E-state index is 5.43. The zero-order valence-corrected chi connectivity index (χ0v) is 12.5. The molecule has 1 aromatic heterocycles. The molecule has 0 radical (unpaired) electrons.